The van der Waals surface area contributed by atoms with Gasteiger partial charge in [0.25, 0.3) is 15.9 Å². The van der Waals surface area contributed by atoms with Crippen molar-refractivity contribution in [3.8, 4) is 5.75 Å². The minimum Gasteiger partial charge on any atom is -0.507 e. The smallest absolute Gasteiger partial charge is 0.331 e. The molecule has 5 N–H and O–H groups in total. The van der Waals surface area contributed by atoms with Gasteiger partial charge in [-0.25, -0.2) is 31.7 Å². The molecule has 0 aromatic heterocycles. The number of urea groups is 1. The van der Waals surface area contributed by atoms with E-state index in [0.717, 1.165) is 17.0 Å². The van der Waals surface area contributed by atoms with Crippen LogP contribution in [0.1, 0.15) is 22.3 Å². The van der Waals surface area contributed by atoms with Crippen molar-refractivity contribution in [3.63, 3.8) is 0 Å². The van der Waals surface area contributed by atoms with Crippen molar-refractivity contribution in [1.29, 1.82) is 0 Å². The highest BCUT2D eigenvalue weighted by Gasteiger charge is 2.46. The Labute approximate surface area is 261 Å². The molecule has 3 aromatic carbocycles. The lowest BCUT2D eigenvalue weighted by Gasteiger charge is -2.45. The third-order valence-electron chi connectivity index (χ3n) is 7.89. The number of likely N-dealkylation sites (N-methyl/N-ethyl adjacent to an activating group) is 1. The lowest BCUT2D eigenvalue weighted by Crippen LogP contribution is -2.65. The van der Waals surface area contributed by atoms with E-state index in [1.807, 2.05) is 4.72 Å². The van der Waals surface area contributed by atoms with Crippen molar-refractivity contribution in [3.05, 3.63) is 83.4 Å². The summed E-state index contributed by atoms with van der Waals surface area (Å²) in [4.78, 5) is 53.0. The number of rotatable bonds is 9. The molecular weight excluding hydrogens is 628 g/mol. The number of anilines is 2. The molecule has 2 aliphatic rings. The van der Waals surface area contributed by atoms with Crippen LogP contribution in [0.2, 0.25) is 0 Å². The summed E-state index contributed by atoms with van der Waals surface area (Å²) in [5.74, 6) is -7.17. The number of carboxylic acids is 1. The van der Waals surface area contributed by atoms with Crippen LogP contribution in [0, 0.1) is 17.6 Å². The van der Waals surface area contributed by atoms with Crippen LogP contribution < -0.4 is 20.3 Å². The molecule has 2 aliphatic heterocycles. The first-order valence-corrected chi connectivity index (χ1v) is 15.5. The number of hydrogen-bond acceptors (Lipinski definition) is 8. The van der Waals surface area contributed by atoms with Gasteiger partial charge in [-0.3, -0.25) is 14.3 Å². The summed E-state index contributed by atoms with van der Waals surface area (Å²) in [5, 5.41) is 24.8. The molecule has 2 saturated heterocycles. The molecule has 4 amide bonds. The van der Waals surface area contributed by atoms with Crippen LogP contribution in [0.4, 0.5) is 25.0 Å². The zero-order chi connectivity index (χ0) is 33.3. The minimum absolute atomic E-state index is 0.261. The van der Waals surface area contributed by atoms with Gasteiger partial charge in [0, 0.05) is 20.0 Å². The molecular formula is C30H29F2N5O8S. The van der Waals surface area contributed by atoms with E-state index in [9.17, 15) is 46.6 Å². The number of halogens is 2. The monoisotopic (exact) mass is 657 g/mol. The van der Waals surface area contributed by atoms with E-state index in [1.165, 1.54) is 41.3 Å². The van der Waals surface area contributed by atoms with Gasteiger partial charge in [0.2, 0.25) is 5.91 Å². The topological polar surface area (TPSA) is 185 Å². The fourth-order valence-corrected chi connectivity index (χ4v) is 6.66. The molecule has 2 fully saturated rings. The van der Waals surface area contributed by atoms with Gasteiger partial charge in [-0.15, -0.1) is 0 Å². The Hall–Kier alpha value is -5.09. The number of sulfonamides is 1. The minimum atomic E-state index is -4.46. The summed E-state index contributed by atoms with van der Waals surface area (Å²) in [6, 6.07) is 9.43. The largest absolute Gasteiger partial charge is 0.507 e. The van der Waals surface area contributed by atoms with Crippen LogP contribution in [-0.4, -0.2) is 79.6 Å². The van der Waals surface area contributed by atoms with Gasteiger partial charge < -0.3 is 25.7 Å². The van der Waals surface area contributed by atoms with Crippen LogP contribution in [0.5, 0.6) is 5.75 Å². The summed E-state index contributed by atoms with van der Waals surface area (Å²) in [5.41, 5.74) is -1.08. The fraction of sp³-hybridized carbons (Fsp3) is 0.267. The molecule has 0 spiro atoms. The maximum absolute atomic E-state index is 14.9. The summed E-state index contributed by atoms with van der Waals surface area (Å²) in [6.07, 6.45) is 0.245. The first kappa shape index (κ1) is 32.3. The number of nitrogens with one attached hydrogen (secondary N) is 3. The average molecular weight is 658 g/mol. The maximum Gasteiger partial charge on any atom is 0.331 e. The third kappa shape index (κ3) is 6.34. The predicted octanol–water partition coefficient (Wildman–Crippen LogP) is 2.27. The van der Waals surface area contributed by atoms with E-state index in [0.29, 0.717) is 37.2 Å². The van der Waals surface area contributed by atoms with Crippen molar-refractivity contribution in [1.82, 2.24) is 15.5 Å². The third-order valence-corrected chi connectivity index (χ3v) is 9.32. The fourth-order valence-electron chi connectivity index (χ4n) is 5.53. The Bertz CT molecular complexity index is 1800. The number of piperidine rings is 1. The molecule has 2 heterocycles. The normalized spacial score (nSPS) is 18.9. The van der Waals surface area contributed by atoms with Gasteiger partial charge in [0.15, 0.2) is 0 Å². The Morgan fingerprint density at radius 2 is 1.72 bits per heavy atom. The lowest BCUT2D eigenvalue weighted by atomic mass is 9.88. The second-order valence-electron chi connectivity index (χ2n) is 10.9. The first-order chi connectivity index (χ1) is 21.8. The number of aliphatic carboxylic acids is 1. The first-order valence-electron chi connectivity index (χ1n) is 14.0. The number of fused-ring (bicyclic) bond motifs is 1. The molecule has 0 radical (unpaired) electrons. The molecule has 242 valence electrons. The van der Waals surface area contributed by atoms with E-state index in [-0.39, 0.29) is 30.0 Å². The number of carboxylic acid groups (broad SMARTS) is 1. The summed E-state index contributed by atoms with van der Waals surface area (Å²) >= 11 is 0. The van der Waals surface area contributed by atoms with E-state index in [4.69, 9.17) is 0 Å². The molecule has 0 bridgehead atoms. The molecule has 16 heteroatoms. The molecule has 3 atom stereocenters. The summed E-state index contributed by atoms with van der Waals surface area (Å²) in [7, 11) is -2.84. The van der Waals surface area contributed by atoms with Crippen molar-refractivity contribution < 1.29 is 46.6 Å². The number of carbonyl (C=O) groups excluding carboxylic acids is 3. The SMILES string of the molecule is CN1C(=O)N(c2ccc(C[C@H](NC(=O)c3c(F)cc(NS(=O)(=O)c4ccccc4O)cc3F)C(=O)O)cc2)C(=O)C2CCNCC21. The zero-order valence-corrected chi connectivity index (χ0v) is 25.1. The number of hydrogen-bond donors (Lipinski definition) is 5. The number of phenolic OH excluding ortho intramolecular Hbond substituents is 1. The van der Waals surface area contributed by atoms with Crippen molar-refractivity contribution in [2.45, 2.75) is 29.8 Å². The van der Waals surface area contributed by atoms with E-state index < -0.39 is 67.5 Å². The van der Waals surface area contributed by atoms with Gasteiger partial charge in [0.1, 0.15) is 33.9 Å². The number of imide groups is 1. The Morgan fingerprint density at radius 3 is 2.35 bits per heavy atom. The van der Waals surface area contributed by atoms with E-state index in [1.54, 1.807) is 7.05 Å². The lowest BCUT2D eigenvalue weighted by molar-refractivity contribution is -0.139. The summed E-state index contributed by atoms with van der Waals surface area (Å²) < 4.78 is 56.9. The molecule has 46 heavy (non-hydrogen) atoms. The standard InChI is InChI=1S/C30H29F2N5O8S/c1-36-23-15-33-11-10-19(23)28(40)37(30(36)43)18-8-6-16(7-9-18)12-22(29(41)42)34-27(39)26-20(31)13-17(14-21(26)32)35-46(44,45)25-5-3-2-4-24(25)38/h2-9,13-14,19,22-23,33,35,38H,10-12,15H2,1H3,(H,34,39)(H,41,42)/t19?,22-,23?/m0/s1. The Morgan fingerprint density at radius 1 is 1.07 bits per heavy atom. The average Bonchev–Trinajstić information content (AvgIpc) is 3.00. The molecule has 3 aromatic rings. The molecule has 5 rings (SSSR count). The zero-order valence-electron chi connectivity index (χ0n) is 24.2. The van der Waals surface area contributed by atoms with Crippen LogP contribution in [0.3, 0.4) is 0 Å². The molecule has 13 nitrogen and oxygen atoms in total. The maximum atomic E-state index is 14.9. The van der Waals surface area contributed by atoms with Gasteiger partial charge in [-0.2, -0.15) is 0 Å². The number of carbonyl (C=O) groups is 4. The van der Waals surface area contributed by atoms with Crippen molar-refractivity contribution in [2.75, 3.05) is 29.8 Å². The summed E-state index contributed by atoms with van der Waals surface area (Å²) in [6.45, 7) is 1.14. The molecule has 2 unspecified atom stereocenters. The predicted molar refractivity (Wildman–Crippen MR) is 160 cm³/mol. The van der Waals surface area contributed by atoms with Crippen LogP contribution >= 0.6 is 0 Å². The number of aromatic hydroxyl groups is 1. The van der Waals surface area contributed by atoms with Crippen LogP contribution in [-0.2, 0) is 26.0 Å². The highest BCUT2D eigenvalue weighted by molar-refractivity contribution is 7.92. The van der Waals surface area contributed by atoms with Crippen LogP contribution in [0.25, 0.3) is 0 Å². The number of para-hydroxylation sites is 1. The van der Waals surface area contributed by atoms with E-state index in [2.05, 4.69) is 10.6 Å². The van der Waals surface area contributed by atoms with Crippen molar-refractivity contribution in [2.24, 2.45) is 5.92 Å². The van der Waals surface area contributed by atoms with Crippen molar-refractivity contribution >= 4 is 45.2 Å². The number of benzene rings is 3. The molecule has 0 saturated carbocycles. The molecule has 0 aliphatic carbocycles. The van der Waals surface area contributed by atoms with Gasteiger partial charge in [-0.05, 0) is 54.9 Å². The van der Waals surface area contributed by atoms with E-state index >= 15 is 0 Å². The second-order valence-corrected chi connectivity index (χ2v) is 12.5. The Kier molecular flexibility index (Phi) is 8.94. The van der Waals surface area contributed by atoms with Gasteiger partial charge in [0.05, 0.1) is 23.3 Å². The van der Waals surface area contributed by atoms with Gasteiger partial charge >= 0.3 is 12.0 Å². The second kappa shape index (κ2) is 12.7. The quantitative estimate of drug-likeness (QED) is 0.230. The number of phenols is 1. The van der Waals surface area contributed by atoms with Crippen LogP contribution in [0.15, 0.2) is 65.6 Å². The number of nitrogens with zero attached hydrogens (tertiary/aromatic N) is 2. The van der Waals surface area contributed by atoms with Gasteiger partial charge in [-0.1, -0.05) is 24.3 Å². The highest BCUT2D eigenvalue weighted by atomic mass is 32.2. The Balaban J connectivity index is 1.29. The number of amides is 4. The highest BCUT2D eigenvalue weighted by Crippen LogP contribution is 2.31.